The van der Waals surface area contributed by atoms with Crippen molar-refractivity contribution in [2.45, 2.75) is 78.7 Å². The van der Waals surface area contributed by atoms with Crippen LogP contribution in [0.2, 0.25) is 0 Å². The van der Waals surface area contributed by atoms with Crippen molar-refractivity contribution in [2.75, 3.05) is 25.0 Å². The molecule has 1 N–H and O–H groups in total. The molecule has 12 nitrogen and oxygen atoms in total. The Balaban J connectivity index is 1.13. The maximum absolute atomic E-state index is 12.7. The number of nitrogens with zero attached hydrogens (tertiary/aromatic N) is 7. The van der Waals surface area contributed by atoms with Gasteiger partial charge in [0, 0.05) is 56.0 Å². The molecule has 4 aromatic rings. The van der Waals surface area contributed by atoms with E-state index in [-0.39, 0.29) is 30.7 Å². The molecule has 2 aliphatic rings. The lowest BCUT2D eigenvalue weighted by Gasteiger charge is -2.24. The van der Waals surface area contributed by atoms with Crippen molar-refractivity contribution in [1.29, 1.82) is 0 Å². The number of ether oxygens (including phenoxy) is 2. The van der Waals surface area contributed by atoms with Crippen LogP contribution in [0.3, 0.4) is 0 Å². The van der Waals surface area contributed by atoms with Gasteiger partial charge in [-0.3, -0.25) is 9.48 Å². The topological polar surface area (TPSA) is 128 Å². The smallest absolute Gasteiger partial charge is 0.410 e. The number of likely N-dealkylation sites (tertiary alicyclic amines) is 1. The fourth-order valence-corrected chi connectivity index (χ4v) is 6.29. The molecule has 0 unspecified atom stereocenters. The Morgan fingerprint density at radius 3 is 2.70 bits per heavy atom. The third kappa shape index (κ3) is 6.62. The number of aromatic nitrogens is 5. The third-order valence-electron chi connectivity index (χ3n) is 7.48. The summed E-state index contributed by atoms with van der Waals surface area (Å²) in [5.41, 5.74) is 3.04. The minimum Gasteiger partial charge on any atom is -0.472 e. The minimum absolute atomic E-state index is 0.0851. The summed E-state index contributed by atoms with van der Waals surface area (Å²) in [4.78, 5) is 42.8. The molecule has 1 saturated heterocycles. The highest BCUT2D eigenvalue weighted by molar-refractivity contribution is 7.21. The number of anilines is 2. The third-order valence-corrected chi connectivity index (χ3v) is 8.51. The highest BCUT2D eigenvalue weighted by Crippen LogP contribution is 2.32. The van der Waals surface area contributed by atoms with E-state index in [1.54, 1.807) is 15.8 Å². The molecule has 2 aliphatic heterocycles. The molecule has 232 valence electrons. The fourth-order valence-electron chi connectivity index (χ4n) is 5.41. The summed E-state index contributed by atoms with van der Waals surface area (Å²) in [6, 6.07) is 7.90. The van der Waals surface area contributed by atoms with Gasteiger partial charge < -0.3 is 24.6 Å². The first kappa shape index (κ1) is 29.8. The molecule has 1 fully saturated rings. The van der Waals surface area contributed by atoms with Crippen molar-refractivity contribution < 1.29 is 19.1 Å². The number of pyridine rings is 2. The van der Waals surface area contributed by atoms with Crippen molar-refractivity contribution >= 4 is 45.2 Å². The van der Waals surface area contributed by atoms with E-state index in [1.165, 1.54) is 11.3 Å². The van der Waals surface area contributed by atoms with Gasteiger partial charge in [-0.1, -0.05) is 0 Å². The molecule has 44 heavy (non-hydrogen) atoms. The Kier molecular flexibility index (Phi) is 7.91. The van der Waals surface area contributed by atoms with E-state index in [4.69, 9.17) is 19.6 Å². The molecule has 4 aromatic heterocycles. The second-order valence-corrected chi connectivity index (χ2v) is 13.6. The summed E-state index contributed by atoms with van der Waals surface area (Å²) in [5, 5.41) is 8.80. The maximum atomic E-state index is 12.7. The summed E-state index contributed by atoms with van der Waals surface area (Å²) in [6.07, 6.45) is 2.76. The van der Waals surface area contributed by atoms with E-state index in [2.05, 4.69) is 15.3 Å². The van der Waals surface area contributed by atoms with E-state index in [1.807, 2.05) is 70.7 Å². The van der Waals surface area contributed by atoms with Crippen molar-refractivity contribution in [3.63, 3.8) is 0 Å². The van der Waals surface area contributed by atoms with Crippen LogP contribution in [0.4, 0.5) is 16.4 Å². The summed E-state index contributed by atoms with van der Waals surface area (Å²) >= 11 is 1.52. The number of amides is 2. The molecule has 6 heterocycles. The zero-order chi connectivity index (χ0) is 31.2. The number of carbonyl (C=O) groups excluding carboxylic acids is 2. The molecule has 0 spiro atoms. The molecule has 6 rings (SSSR count). The Morgan fingerprint density at radius 2 is 1.93 bits per heavy atom. The number of carbonyl (C=O) groups is 2. The second kappa shape index (κ2) is 11.7. The SMILES string of the molecule is Cc1cc(Nc2cc3nc(-c4cc5n(n4)CC(=O)N(C(C)C)CC5)sc3cn2)nc(O[C@H]2CCN(C(=O)OC(C)(C)C)C2)c1. The van der Waals surface area contributed by atoms with E-state index < -0.39 is 5.60 Å². The van der Waals surface area contributed by atoms with E-state index >= 15 is 0 Å². The normalized spacial score (nSPS) is 17.2. The minimum atomic E-state index is -0.540. The van der Waals surface area contributed by atoms with Gasteiger partial charge in [0.25, 0.3) is 0 Å². The lowest BCUT2D eigenvalue weighted by Crippen LogP contribution is -2.38. The lowest BCUT2D eigenvalue weighted by molar-refractivity contribution is -0.133. The quantitative estimate of drug-likeness (QED) is 0.311. The van der Waals surface area contributed by atoms with Crippen LogP contribution >= 0.6 is 11.3 Å². The molecule has 0 bridgehead atoms. The number of nitrogens with one attached hydrogen (secondary N) is 1. The van der Waals surface area contributed by atoms with Gasteiger partial charge >= 0.3 is 6.09 Å². The van der Waals surface area contributed by atoms with Crippen molar-refractivity contribution in [3.8, 4) is 16.6 Å². The van der Waals surface area contributed by atoms with Crippen LogP contribution in [0.1, 0.15) is 52.3 Å². The van der Waals surface area contributed by atoms with Gasteiger partial charge in [0.1, 0.15) is 40.6 Å². The predicted octanol–water partition coefficient (Wildman–Crippen LogP) is 5.18. The van der Waals surface area contributed by atoms with Crippen LogP contribution in [-0.4, -0.2) is 83.9 Å². The molecular formula is C31H38N8O4S. The van der Waals surface area contributed by atoms with Crippen molar-refractivity contribution in [3.05, 3.63) is 41.7 Å². The number of hydrogen-bond acceptors (Lipinski definition) is 10. The largest absolute Gasteiger partial charge is 0.472 e. The zero-order valence-electron chi connectivity index (χ0n) is 26.0. The molecule has 1 atom stereocenters. The summed E-state index contributed by atoms with van der Waals surface area (Å²) < 4.78 is 14.4. The monoisotopic (exact) mass is 618 g/mol. The van der Waals surface area contributed by atoms with E-state index in [9.17, 15) is 9.59 Å². The van der Waals surface area contributed by atoms with Gasteiger partial charge in [-0.05, 0) is 59.2 Å². The molecule has 0 aromatic carbocycles. The molecule has 13 heteroatoms. The number of aryl methyl sites for hydroxylation is 1. The number of thiazole rings is 1. The predicted molar refractivity (Wildman–Crippen MR) is 168 cm³/mol. The lowest BCUT2D eigenvalue weighted by atomic mass is 10.2. The van der Waals surface area contributed by atoms with Gasteiger partial charge in [-0.15, -0.1) is 11.3 Å². The Hall–Kier alpha value is -4.26. The van der Waals surface area contributed by atoms with E-state index in [0.717, 1.165) is 38.6 Å². The molecular weight excluding hydrogens is 580 g/mol. The highest BCUT2D eigenvalue weighted by atomic mass is 32.1. The average Bonchev–Trinajstić information content (AvgIpc) is 3.64. The number of hydrogen-bond donors (Lipinski definition) is 1. The van der Waals surface area contributed by atoms with Gasteiger partial charge in [-0.25, -0.2) is 14.8 Å². The summed E-state index contributed by atoms with van der Waals surface area (Å²) in [6.45, 7) is 13.6. The Labute approximate surface area is 260 Å². The summed E-state index contributed by atoms with van der Waals surface area (Å²) in [5.74, 6) is 1.77. The summed E-state index contributed by atoms with van der Waals surface area (Å²) in [7, 11) is 0. The van der Waals surface area contributed by atoms with Gasteiger partial charge in [-0.2, -0.15) is 10.1 Å². The van der Waals surface area contributed by atoms with Crippen LogP contribution < -0.4 is 10.1 Å². The first-order valence-electron chi connectivity index (χ1n) is 14.9. The maximum Gasteiger partial charge on any atom is 0.410 e. The van der Waals surface area contributed by atoms with Crippen LogP contribution in [0.15, 0.2) is 30.5 Å². The number of rotatable bonds is 6. The molecule has 0 saturated carbocycles. The average molecular weight is 619 g/mol. The van der Waals surface area contributed by atoms with Gasteiger partial charge in [0.05, 0.1) is 16.8 Å². The highest BCUT2D eigenvalue weighted by Gasteiger charge is 2.31. The first-order valence-corrected chi connectivity index (χ1v) is 15.8. The second-order valence-electron chi connectivity index (χ2n) is 12.6. The molecule has 0 radical (unpaired) electrons. The van der Waals surface area contributed by atoms with E-state index in [0.29, 0.717) is 43.6 Å². The van der Waals surface area contributed by atoms with Crippen LogP contribution in [0, 0.1) is 6.92 Å². The van der Waals surface area contributed by atoms with Crippen LogP contribution in [0.25, 0.3) is 20.9 Å². The van der Waals surface area contributed by atoms with Crippen LogP contribution in [0.5, 0.6) is 5.88 Å². The Morgan fingerprint density at radius 1 is 1.11 bits per heavy atom. The Bertz CT molecular complexity index is 1710. The molecule has 2 amide bonds. The standard InChI is InChI=1S/C31H38N8O4S/c1-18(2)38-10-7-20-13-23(36-39(20)17-28(38)40)29-33-22-14-25(32-15-24(22)44-29)34-26-11-19(3)12-27(35-26)42-21-8-9-37(16-21)30(41)43-31(4,5)6/h11-15,18,21H,7-10,16-17H2,1-6H3,(H,32,34,35)/t21-/m0/s1. The van der Waals surface area contributed by atoms with Crippen LogP contribution in [-0.2, 0) is 22.5 Å². The first-order chi connectivity index (χ1) is 20.9. The fraction of sp³-hybridized carbons (Fsp3) is 0.484. The van der Waals surface area contributed by atoms with Crippen molar-refractivity contribution in [1.82, 2.24) is 34.5 Å². The van der Waals surface area contributed by atoms with Gasteiger partial charge in [0.15, 0.2) is 0 Å². The number of fused-ring (bicyclic) bond motifs is 2. The zero-order valence-corrected chi connectivity index (χ0v) is 26.8. The van der Waals surface area contributed by atoms with Crippen molar-refractivity contribution in [2.24, 2.45) is 0 Å². The van der Waals surface area contributed by atoms with Gasteiger partial charge in [0.2, 0.25) is 11.8 Å². The molecule has 0 aliphatic carbocycles.